The van der Waals surface area contributed by atoms with Crippen molar-refractivity contribution in [2.75, 3.05) is 12.3 Å². The van der Waals surface area contributed by atoms with E-state index in [1.54, 1.807) is 54.5 Å². The van der Waals surface area contributed by atoms with E-state index < -0.39 is 36.4 Å². The highest BCUT2D eigenvalue weighted by Crippen LogP contribution is 2.57. The van der Waals surface area contributed by atoms with Crippen LogP contribution in [0.2, 0.25) is 0 Å². The molecular weight excluding hydrogens is 626 g/mol. The molecule has 3 aromatic rings. The highest BCUT2D eigenvalue weighted by atomic mass is 31.2. The Morgan fingerprint density at radius 3 is 0.936 bits per heavy atom. The van der Waals surface area contributed by atoms with Crippen molar-refractivity contribution in [1.82, 2.24) is 0 Å². The molecule has 252 valence electrons. The quantitative estimate of drug-likeness (QED) is 0.177. The molecule has 6 nitrogen and oxygen atoms in total. The van der Waals surface area contributed by atoms with Crippen LogP contribution in [0.15, 0.2) is 30.3 Å². The lowest BCUT2D eigenvalue weighted by Crippen LogP contribution is -2.22. The van der Waals surface area contributed by atoms with Crippen LogP contribution in [0.25, 0.3) is 0 Å². The molecule has 0 aromatic heterocycles. The summed E-state index contributed by atoms with van der Waals surface area (Å²) < 4.78 is 29.9. The summed E-state index contributed by atoms with van der Waals surface area (Å²) in [6.45, 7) is 23.1. The van der Waals surface area contributed by atoms with E-state index in [0.717, 1.165) is 11.1 Å². The standard InChI is InChI=1S/C39H50O6P2/c1-21(2)19-46(44,36(40)32-25(7)14-23(5)15-26(32)8)38(42)34-29(11)18-30(12)35(31(34)13)39(43)47(45,20-22(3)4)37(41)33-27(9)16-24(6)17-28(33)10/h14-18,21-22H,19-20H2,1-13H3. The lowest BCUT2D eigenvalue weighted by atomic mass is 9.94. The molecule has 2 unspecified atom stereocenters. The summed E-state index contributed by atoms with van der Waals surface area (Å²) in [6.07, 6.45) is -0.270. The van der Waals surface area contributed by atoms with E-state index >= 15 is 0 Å². The maximum Gasteiger partial charge on any atom is 0.229 e. The first-order chi connectivity index (χ1) is 21.6. The molecule has 47 heavy (non-hydrogen) atoms. The Kier molecular flexibility index (Phi) is 11.5. The Labute approximate surface area is 280 Å². The van der Waals surface area contributed by atoms with Gasteiger partial charge in [-0.2, -0.15) is 0 Å². The van der Waals surface area contributed by atoms with Gasteiger partial charge in [-0.1, -0.05) is 69.2 Å². The summed E-state index contributed by atoms with van der Waals surface area (Å²) in [6, 6.07) is 8.98. The molecule has 2 atom stereocenters. The number of aryl methyl sites for hydroxylation is 8. The molecule has 3 aromatic carbocycles. The molecule has 0 radical (unpaired) electrons. The summed E-state index contributed by atoms with van der Waals surface area (Å²) in [5, 5.41) is 0. The van der Waals surface area contributed by atoms with Crippen molar-refractivity contribution in [2.24, 2.45) is 11.8 Å². The fourth-order valence-electron chi connectivity index (χ4n) is 7.15. The minimum Gasteiger partial charge on any atom is -0.307 e. The molecule has 0 bridgehead atoms. The molecule has 0 fully saturated rings. The fourth-order valence-corrected chi connectivity index (χ4v) is 13.1. The summed E-state index contributed by atoms with van der Waals surface area (Å²) in [4.78, 5) is 57.7. The maximum atomic E-state index is 14.9. The zero-order valence-corrected chi connectivity index (χ0v) is 32.1. The van der Waals surface area contributed by atoms with Gasteiger partial charge < -0.3 is 9.13 Å². The van der Waals surface area contributed by atoms with Crippen LogP contribution in [0.4, 0.5) is 0 Å². The highest BCUT2D eigenvalue weighted by Gasteiger charge is 2.46. The summed E-state index contributed by atoms with van der Waals surface area (Å²) >= 11 is 0. The number of rotatable bonds is 12. The largest absolute Gasteiger partial charge is 0.307 e. The van der Waals surface area contributed by atoms with Crippen LogP contribution >= 0.6 is 14.3 Å². The third-order valence-electron chi connectivity index (χ3n) is 8.74. The molecule has 0 saturated heterocycles. The van der Waals surface area contributed by atoms with Gasteiger partial charge in [0.15, 0.2) is 0 Å². The van der Waals surface area contributed by atoms with Gasteiger partial charge in [-0.15, -0.1) is 0 Å². The number of hydrogen-bond acceptors (Lipinski definition) is 6. The van der Waals surface area contributed by atoms with Crippen LogP contribution in [0, 0.1) is 74.1 Å². The molecule has 0 saturated carbocycles. The van der Waals surface area contributed by atoms with Gasteiger partial charge in [0.05, 0.1) is 0 Å². The van der Waals surface area contributed by atoms with Gasteiger partial charge in [0, 0.05) is 34.6 Å². The molecular formula is C39H50O6P2. The third kappa shape index (κ3) is 7.30. The SMILES string of the molecule is Cc1cc(C)c(C(=O)P(=O)(CC(C)C)C(=O)c2c(C)cc(C)c(C(=O)P(=O)(CC(C)C)C(=O)c3c(C)cc(C)cc3C)c2C)c(C)c1. The zero-order chi connectivity index (χ0) is 35.9. The molecule has 0 heterocycles. The van der Waals surface area contributed by atoms with E-state index in [-0.39, 0.29) is 52.0 Å². The number of benzene rings is 3. The van der Waals surface area contributed by atoms with Gasteiger partial charge in [0.2, 0.25) is 36.4 Å². The Morgan fingerprint density at radius 2 is 0.681 bits per heavy atom. The molecule has 0 amide bonds. The molecule has 0 aliphatic rings. The minimum atomic E-state index is -4.26. The Balaban J connectivity index is 2.32. The van der Waals surface area contributed by atoms with Crippen molar-refractivity contribution in [2.45, 2.75) is 90.0 Å². The number of carbonyl (C=O) groups excluding carboxylic acids is 4. The van der Waals surface area contributed by atoms with Gasteiger partial charge in [0.1, 0.15) is 0 Å². The first-order valence-corrected chi connectivity index (χ1v) is 20.0. The van der Waals surface area contributed by atoms with Gasteiger partial charge in [-0.05, 0) is 113 Å². The average molecular weight is 677 g/mol. The Bertz CT molecular complexity index is 1730. The average Bonchev–Trinajstić information content (AvgIpc) is 2.90. The van der Waals surface area contributed by atoms with Gasteiger partial charge in [-0.25, -0.2) is 0 Å². The van der Waals surface area contributed by atoms with Crippen LogP contribution in [0.5, 0.6) is 0 Å². The number of hydrogen-bond donors (Lipinski definition) is 0. The molecule has 0 aliphatic heterocycles. The molecule has 0 N–H and O–H groups in total. The van der Waals surface area contributed by atoms with E-state index in [9.17, 15) is 28.3 Å². The maximum absolute atomic E-state index is 14.9. The number of carbonyl (C=O) groups is 4. The second-order valence-corrected chi connectivity index (χ2v) is 19.6. The van der Waals surface area contributed by atoms with Crippen molar-refractivity contribution in [3.8, 4) is 0 Å². The second-order valence-electron chi connectivity index (χ2n) is 14.3. The predicted molar refractivity (Wildman–Crippen MR) is 194 cm³/mol. The summed E-state index contributed by atoms with van der Waals surface area (Å²) in [7, 11) is -8.53. The lowest BCUT2D eigenvalue weighted by molar-refractivity contribution is 0.102. The van der Waals surface area contributed by atoms with E-state index in [4.69, 9.17) is 0 Å². The van der Waals surface area contributed by atoms with Crippen molar-refractivity contribution < 1.29 is 28.3 Å². The van der Waals surface area contributed by atoms with E-state index in [1.165, 1.54) is 0 Å². The molecule has 3 rings (SSSR count). The topological polar surface area (TPSA) is 102 Å². The summed E-state index contributed by atoms with van der Waals surface area (Å²) in [5.74, 6) is -0.478. The third-order valence-corrected chi connectivity index (χ3v) is 14.7. The predicted octanol–water partition coefficient (Wildman–Crippen LogP) is 10.5. The monoisotopic (exact) mass is 676 g/mol. The first-order valence-electron chi connectivity index (χ1n) is 16.2. The first kappa shape index (κ1) is 38.2. The minimum absolute atomic E-state index is 0.0185. The van der Waals surface area contributed by atoms with Crippen LogP contribution < -0.4 is 0 Å². The van der Waals surface area contributed by atoms with Crippen LogP contribution in [-0.2, 0) is 9.13 Å². The van der Waals surface area contributed by atoms with Crippen LogP contribution in [-0.4, -0.2) is 34.4 Å². The van der Waals surface area contributed by atoms with Crippen LogP contribution in [0.3, 0.4) is 0 Å². The zero-order valence-electron chi connectivity index (χ0n) is 30.3. The van der Waals surface area contributed by atoms with Crippen molar-refractivity contribution in [3.63, 3.8) is 0 Å². The van der Waals surface area contributed by atoms with Crippen molar-refractivity contribution in [1.29, 1.82) is 0 Å². The smallest absolute Gasteiger partial charge is 0.229 e. The second kappa shape index (κ2) is 14.1. The van der Waals surface area contributed by atoms with E-state index in [0.29, 0.717) is 33.4 Å². The van der Waals surface area contributed by atoms with Crippen molar-refractivity contribution >= 4 is 36.4 Å². The van der Waals surface area contributed by atoms with E-state index in [2.05, 4.69) is 0 Å². The fraction of sp³-hybridized carbons (Fsp3) is 0.436. The summed E-state index contributed by atoms with van der Waals surface area (Å²) in [5.41, 5.74) is 3.20. The van der Waals surface area contributed by atoms with Crippen LogP contribution in [0.1, 0.15) is 119 Å². The van der Waals surface area contributed by atoms with Gasteiger partial charge in [-0.3, -0.25) is 19.2 Å². The normalized spacial score (nSPS) is 14.2. The lowest BCUT2D eigenvalue weighted by Gasteiger charge is -2.25. The Hall–Kier alpha value is -3.20. The Morgan fingerprint density at radius 1 is 0.447 bits per heavy atom. The van der Waals surface area contributed by atoms with E-state index in [1.807, 2.05) is 65.8 Å². The van der Waals surface area contributed by atoms with Gasteiger partial charge in [0.25, 0.3) is 0 Å². The van der Waals surface area contributed by atoms with Gasteiger partial charge >= 0.3 is 0 Å². The molecule has 0 aliphatic carbocycles. The molecule has 8 heteroatoms. The molecule has 0 spiro atoms. The van der Waals surface area contributed by atoms with Crippen molar-refractivity contribution in [3.05, 3.63) is 103 Å². The highest BCUT2D eigenvalue weighted by molar-refractivity contribution is 7.96.